The van der Waals surface area contributed by atoms with Crippen LogP contribution in [0.25, 0.3) is 0 Å². The number of sulfonamides is 1. The first-order valence-corrected chi connectivity index (χ1v) is 8.32. The fraction of sp³-hybridized carbons (Fsp3) is 0.400. The summed E-state index contributed by atoms with van der Waals surface area (Å²) >= 11 is 0. The second kappa shape index (κ2) is 6.10. The molecule has 0 fully saturated rings. The van der Waals surface area contributed by atoms with Crippen molar-refractivity contribution in [3.63, 3.8) is 0 Å². The lowest BCUT2D eigenvalue weighted by atomic mass is 10.0. The van der Waals surface area contributed by atoms with Gasteiger partial charge in [-0.05, 0) is 50.5 Å². The number of benzene rings is 1. The molecule has 0 saturated carbocycles. The van der Waals surface area contributed by atoms with Gasteiger partial charge in [-0.3, -0.25) is 0 Å². The van der Waals surface area contributed by atoms with E-state index in [4.69, 9.17) is 9.26 Å². The van der Waals surface area contributed by atoms with Gasteiger partial charge in [0, 0.05) is 6.54 Å². The molecule has 1 heterocycles. The first-order valence-electron chi connectivity index (χ1n) is 6.83. The summed E-state index contributed by atoms with van der Waals surface area (Å²) in [6.07, 6.45) is 0. The lowest BCUT2D eigenvalue weighted by molar-refractivity contribution is 0.390. The van der Waals surface area contributed by atoms with Crippen LogP contribution < -0.4 is 9.46 Å². The molecule has 2 rings (SSSR count). The molecular weight excluding hydrogens is 304 g/mol. The Morgan fingerprint density at radius 1 is 1.18 bits per heavy atom. The third kappa shape index (κ3) is 3.00. The van der Waals surface area contributed by atoms with Crippen molar-refractivity contribution in [1.29, 1.82) is 0 Å². The van der Waals surface area contributed by atoms with Gasteiger partial charge >= 0.3 is 0 Å². The summed E-state index contributed by atoms with van der Waals surface area (Å²) in [5.41, 5.74) is 3.25. The molecule has 0 spiro atoms. The minimum atomic E-state index is -3.66. The van der Waals surface area contributed by atoms with Gasteiger partial charge < -0.3 is 9.26 Å². The van der Waals surface area contributed by atoms with Gasteiger partial charge in [-0.15, -0.1) is 0 Å². The number of aromatic nitrogens is 1. The van der Waals surface area contributed by atoms with Crippen LogP contribution in [0.1, 0.15) is 28.1 Å². The highest BCUT2D eigenvalue weighted by atomic mass is 32.2. The van der Waals surface area contributed by atoms with Gasteiger partial charge in [0.25, 0.3) is 0 Å². The van der Waals surface area contributed by atoms with Crippen LogP contribution in [-0.4, -0.2) is 20.7 Å². The van der Waals surface area contributed by atoms with Crippen LogP contribution in [0.15, 0.2) is 21.6 Å². The van der Waals surface area contributed by atoms with E-state index in [0.29, 0.717) is 5.69 Å². The van der Waals surface area contributed by atoms with Gasteiger partial charge in [-0.2, -0.15) is 0 Å². The molecule has 0 bridgehead atoms. The van der Waals surface area contributed by atoms with Crippen LogP contribution in [0.3, 0.4) is 0 Å². The van der Waals surface area contributed by atoms with Crippen molar-refractivity contribution >= 4 is 10.0 Å². The molecule has 0 aliphatic rings. The van der Waals surface area contributed by atoms with Crippen molar-refractivity contribution in [3.05, 3.63) is 40.3 Å². The summed E-state index contributed by atoms with van der Waals surface area (Å²) in [5.74, 6) is 1.07. The summed E-state index contributed by atoms with van der Waals surface area (Å²) in [6.45, 7) is 7.27. The van der Waals surface area contributed by atoms with E-state index in [1.807, 2.05) is 26.0 Å². The van der Waals surface area contributed by atoms with Crippen molar-refractivity contribution < 1.29 is 17.7 Å². The van der Waals surface area contributed by atoms with Gasteiger partial charge in [-0.1, -0.05) is 11.2 Å². The van der Waals surface area contributed by atoms with E-state index >= 15 is 0 Å². The van der Waals surface area contributed by atoms with E-state index in [9.17, 15) is 8.42 Å². The predicted octanol–water partition coefficient (Wildman–Crippen LogP) is 2.40. The molecule has 0 amide bonds. The molecule has 0 saturated heterocycles. The van der Waals surface area contributed by atoms with Crippen LogP contribution in [0.4, 0.5) is 0 Å². The number of hydrogen-bond acceptors (Lipinski definition) is 5. The van der Waals surface area contributed by atoms with E-state index in [1.165, 1.54) is 0 Å². The monoisotopic (exact) mass is 324 g/mol. The Hall–Kier alpha value is -1.86. The lowest BCUT2D eigenvalue weighted by Crippen LogP contribution is -2.24. The van der Waals surface area contributed by atoms with Gasteiger partial charge in [0.05, 0.1) is 7.11 Å². The van der Waals surface area contributed by atoms with Gasteiger partial charge in [0.2, 0.25) is 10.0 Å². The maximum absolute atomic E-state index is 12.4. The highest BCUT2D eigenvalue weighted by molar-refractivity contribution is 7.89. The quantitative estimate of drug-likeness (QED) is 0.913. The zero-order chi connectivity index (χ0) is 16.5. The maximum atomic E-state index is 12.4. The molecule has 2 aromatic rings. The molecule has 1 aromatic carbocycles. The molecule has 0 unspecified atom stereocenters. The second-order valence-electron chi connectivity index (χ2n) is 5.15. The number of methoxy groups -OCH3 is 1. The fourth-order valence-electron chi connectivity index (χ4n) is 2.37. The predicted molar refractivity (Wildman–Crippen MR) is 82.5 cm³/mol. The molecule has 1 aromatic heterocycles. The highest BCUT2D eigenvalue weighted by Crippen LogP contribution is 2.24. The minimum Gasteiger partial charge on any atom is -0.496 e. The van der Waals surface area contributed by atoms with Gasteiger partial charge in [0.15, 0.2) is 5.76 Å². The molecule has 0 radical (unpaired) electrons. The second-order valence-corrected chi connectivity index (χ2v) is 6.86. The third-order valence-electron chi connectivity index (χ3n) is 3.76. The number of ether oxygens (including phenoxy) is 1. The zero-order valence-corrected chi connectivity index (χ0v) is 14.2. The molecule has 120 valence electrons. The standard InChI is InChI=1S/C15H20N2O4S/c1-9-10(2)14(20-5)7-6-13(9)8-16-22(18,19)15-11(3)17-21-12(15)4/h6-7,16H,8H2,1-5H3. The van der Waals surface area contributed by atoms with Crippen LogP contribution in [0.2, 0.25) is 0 Å². The van der Waals surface area contributed by atoms with Crippen molar-refractivity contribution in [3.8, 4) is 5.75 Å². The Bertz CT molecular complexity index is 775. The Labute approximate surface area is 130 Å². The molecule has 7 heteroatoms. The van der Waals surface area contributed by atoms with E-state index in [2.05, 4.69) is 9.88 Å². The summed E-state index contributed by atoms with van der Waals surface area (Å²) in [6, 6.07) is 3.69. The Kier molecular flexibility index (Phi) is 4.58. The van der Waals surface area contributed by atoms with Crippen LogP contribution in [-0.2, 0) is 16.6 Å². The Balaban J connectivity index is 2.25. The number of rotatable bonds is 5. The molecule has 22 heavy (non-hydrogen) atoms. The number of nitrogens with zero attached hydrogens (tertiary/aromatic N) is 1. The van der Waals surface area contributed by atoms with Gasteiger partial charge in [-0.25, -0.2) is 13.1 Å². The summed E-state index contributed by atoms with van der Waals surface area (Å²) in [4.78, 5) is 0.107. The van der Waals surface area contributed by atoms with Gasteiger partial charge in [0.1, 0.15) is 16.3 Å². The Morgan fingerprint density at radius 3 is 2.41 bits per heavy atom. The SMILES string of the molecule is COc1ccc(CNS(=O)(=O)c2c(C)noc2C)c(C)c1C. The van der Waals surface area contributed by atoms with E-state index in [-0.39, 0.29) is 17.2 Å². The molecule has 1 N–H and O–H groups in total. The first-order chi connectivity index (χ1) is 10.3. The number of hydrogen-bond donors (Lipinski definition) is 1. The average Bonchev–Trinajstić information content (AvgIpc) is 2.80. The highest BCUT2D eigenvalue weighted by Gasteiger charge is 2.24. The van der Waals surface area contributed by atoms with Crippen LogP contribution in [0.5, 0.6) is 5.75 Å². The first kappa shape index (κ1) is 16.5. The lowest BCUT2D eigenvalue weighted by Gasteiger charge is -2.13. The summed E-state index contributed by atoms with van der Waals surface area (Å²) in [7, 11) is -2.05. The summed E-state index contributed by atoms with van der Waals surface area (Å²) in [5, 5.41) is 3.68. The van der Waals surface area contributed by atoms with Crippen LogP contribution in [0, 0.1) is 27.7 Å². The van der Waals surface area contributed by atoms with E-state index in [0.717, 1.165) is 22.4 Å². The van der Waals surface area contributed by atoms with Crippen LogP contribution >= 0.6 is 0 Å². The summed E-state index contributed by atoms with van der Waals surface area (Å²) < 4.78 is 37.6. The largest absolute Gasteiger partial charge is 0.496 e. The smallest absolute Gasteiger partial charge is 0.246 e. The Morgan fingerprint density at radius 2 is 1.86 bits per heavy atom. The number of aryl methyl sites for hydroxylation is 2. The molecule has 0 atom stereocenters. The normalized spacial score (nSPS) is 11.7. The zero-order valence-electron chi connectivity index (χ0n) is 13.4. The van der Waals surface area contributed by atoms with E-state index in [1.54, 1.807) is 21.0 Å². The molecule has 0 aliphatic carbocycles. The molecule has 0 aliphatic heterocycles. The number of nitrogens with one attached hydrogen (secondary N) is 1. The van der Waals surface area contributed by atoms with Crippen molar-refractivity contribution in [2.45, 2.75) is 39.1 Å². The van der Waals surface area contributed by atoms with Crippen molar-refractivity contribution in [2.24, 2.45) is 0 Å². The third-order valence-corrected chi connectivity index (χ3v) is 5.40. The van der Waals surface area contributed by atoms with E-state index < -0.39 is 10.0 Å². The maximum Gasteiger partial charge on any atom is 0.246 e. The fourth-order valence-corrected chi connectivity index (χ4v) is 3.70. The topological polar surface area (TPSA) is 81.4 Å². The molecular formula is C15H20N2O4S. The molecule has 6 nitrogen and oxygen atoms in total. The van der Waals surface area contributed by atoms with Crippen molar-refractivity contribution in [2.75, 3.05) is 7.11 Å². The van der Waals surface area contributed by atoms with Crippen molar-refractivity contribution in [1.82, 2.24) is 9.88 Å². The average molecular weight is 324 g/mol. The minimum absolute atomic E-state index is 0.107.